The summed E-state index contributed by atoms with van der Waals surface area (Å²) >= 11 is 0. The van der Waals surface area contributed by atoms with Crippen molar-refractivity contribution in [2.45, 2.75) is 20.8 Å². The van der Waals surface area contributed by atoms with Gasteiger partial charge in [0.1, 0.15) is 0 Å². The Kier molecular flexibility index (Phi) is 5.81. The number of nitrogens with one attached hydrogen (secondary N) is 1. The highest BCUT2D eigenvalue weighted by molar-refractivity contribution is 5.99. The van der Waals surface area contributed by atoms with Gasteiger partial charge < -0.3 is 4.90 Å². The Morgan fingerprint density at radius 2 is 1.81 bits per heavy atom. The minimum absolute atomic E-state index is 0.262. The van der Waals surface area contributed by atoms with Crippen LogP contribution in [0.15, 0.2) is 59.7 Å². The summed E-state index contributed by atoms with van der Waals surface area (Å²) in [4.78, 5) is 19.2. The molecule has 1 aromatic heterocycles. The Balaban J connectivity index is 1.69. The number of amides is 1. The number of carbonyl (C=O) groups is 1. The molecule has 0 unspecified atom stereocenters. The smallest absolute Gasteiger partial charge is 0.273 e. The van der Waals surface area contributed by atoms with E-state index in [4.69, 9.17) is 0 Å². The SMILES string of the molecule is CCN(CC)c1ccc(C=NNC(=O)c2cc3ccccc3nc2C)cc1. The second-order valence-corrected chi connectivity index (χ2v) is 6.28. The minimum Gasteiger partial charge on any atom is -0.372 e. The molecule has 0 bridgehead atoms. The normalized spacial score (nSPS) is 11.1. The number of fused-ring (bicyclic) bond motifs is 1. The fourth-order valence-electron chi connectivity index (χ4n) is 3.03. The average Bonchev–Trinajstić information content (AvgIpc) is 2.69. The van der Waals surface area contributed by atoms with Crippen LogP contribution in [0.3, 0.4) is 0 Å². The maximum atomic E-state index is 12.4. The van der Waals surface area contributed by atoms with Gasteiger partial charge in [0, 0.05) is 24.2 Å². The van der Waals surface area contributed by atoms with E-state index in [2.05, 4.69) is 46.4 Å². The highest BCUT2D eigenvalue weighted by Crippen LogP contribution is 2.16. The lowest BCUT2D eigenvalue weighted by atomic mass is 10.1. The van der Waals surface area contributed by atoms with Crippen molar-refractivity contribution in [1.29, 1.82) is 0 Å². The number of anilines is 1. The van der Waals surface area contributed by atoms with E-state index >= 15 is 0 Å². The monoisotopic (exact) mass is 360 g/mol. The van der Waals surface area contributed by atoms with Gasteiger partial charge in [-0.15, -0.1) is 0 Å². The predicted molar refractivity (Wildman–Crippen MR) is 112 cm³/mol. The molecule has 0 saturated carbocycles. The van der Waals surface area contributed by atoms with Crippen LogP contribution < -0.4 is 10.3 Å². The fraction of sp³-hybridized carbons (Fsp3) is 0.227. The second-order valence-electron chi connectivity index (χ2n) is 6.28. The number of carbonyl (C=O) groups excluding carboxylic acids is 1. The lowest BCUT2D eigenvalue weighted by molar-refractivity contribution is 0.0954. The molecule has 138 valence electrons. The summed E-state index contributed by atoms with van der Waals surface area (Å²) in [5, 5.41) is 5.02. The van der Waals surface area contributed by atoms with Crippen molar-refractivity contribution in [3.05, 3.63) is 71.4 Å². The molecule has 5 heteroatoms. The first kappa shape index (κ1) is 18.6. The number of para-hydroxylation sites is 1. The fourth-order valence-corrected chi connectivity index (χ4v) is 3.03. The number of aromatic nitrogens is 1. The molecule has 0 fully saturated rings. The van der Waals surface area contributed by atoms with E-state index in [1.165, 1.54) is 5.69 Å². The molecule has 0 atom stereocenters. The first-order valence-corrected chi connectivity index (χ1v) is 9.17. The van der Waals surface area contributed by atoms with E-state index in [0.717, 1.165) is 29.6 Å². The van der Waals surface area contributed by atoms with E-state index in [0.29, 0.717) is 11.3 Å². The Bertz CT molecular complexity index is 960. The molecular weight excluding hydrogens is 336 g/mol. The third kappa shape index (κ3) is 4.31. The van der Waals surface area contributed by atoms with Gasteiger partial charge in [-0.2, -0.15) is 5.10 Å². The van der Waals surface area contributed by atoms with E-state index < -0.39 is 0 Å². The van der Waals surface area contributed by atoms with Crippen molar-refractivity contribution in [2.24, 2.45) is 5.10 Å². The molecule has 27 heavy (non-hydrogen) atoms. The Morgan fingerprint density at radius 3 is 2.52 bits per heavy atom. The number of pyridine rings is 1. The number of nitrogens with zero attached hydrogens (tertiary/aromatic N) is 3. The molecule has 0 radical (unpaired) electrons. The molecule has 3 rings (SSSR count). The largest absolute Gasteiger partial charge is 0.372 e. The second kappa shape index (κ2) is 8.45. The minimum atomic E-state index is -0.262. The van der Waals surface area contributed by atoms with Gasteiger partial charge in [-0.1, -0.05) is 30.3 Å². The van der Waals surface area contributed by atoms with Crippen molar-refractivity contribution in [2.75, 3.05) is 18.0 Å². The topological polar surface area (TPSA) is 57.6 Å². The summed E-state index contributed by atoms with van der Waals surface area (Å²) in [5.41, 5.74) is 6.80. The number of benzene rings is 2. The maximum Gasteiger partial charge on any atom is 0.273 e. The predicted octanol–water partition coefficient (Wildman–Crippen LogP) is 4.15. The molecule has 3 aromatic rings. The Labute approximate surface area is 159 Å². The maximum absolute atomic E-state index is 12.4. The molecular formula is C22H24N4O. The summed E-state index contributed by atoms with van der Waals surface area (Å²) in [6, 6.07) is 17.7. The van der Waals surface area contributed by atoms with Crippen molar-refractivity contribution in [3.8, 4) is 0 Å². The Morgan fingerprint density at radius 1 is 1.11 bits per heavy atom. The van der Waals surface area contributed by atoms with Crippen molar-refractivity contribution >= 4 is 28.7 Å². The summed E-state index contributed by atoms with van der Waals surface area (Å²) in [6.45, 7) is 8.05. The zero-order valence-corrected chi connectivity index (χ0v) is 15.9. The van der Waals surface area contributed by atoms with Crippen LogP contribution in [0.2, 0.25) is 0 Å². The Hall–Kier alpha value is -3.21. The van der Waals surface area contributed by atoms with E-state index in [1.54, 1.807) is 6.21 Å². The van der Waals surface area contributed by atoms with Crippen LogP contribution in [0.5, 0.6) is 0 Å². The first-order valence-electron chi connectivity index (χ1n) is 9.17. The van der Waals surface area contributed by atoms with Crippen LogP contribution in [0.25, 0.3) is 10.9 Å². The lowest BCUT2D eigenvalue weighted by Crippen LogP contribution is -2.21. The number of hydrogen-bond acceptors (Lipinski definition) is 4. The van der Waals surface area contributed by atoms with Crippen molar-refractivity contribution in [3.63, 3.8) is 0 Å². The molecule has 0 aliphatic rings. The van der Waals surface area contributed by atoms with Crippen LogP contribution in [-0.2, 0) is 0 Å². The number of aryl methyl sites for hydroxylation is 1. The quantitative estimate of drug-likeness (QED) is 0.531. The van der Waals surface area contributed by atoms with Gasteiger partial charge in [-0.3, -0.25) is 9.78 Å². The zero-order chi connectivity index (χ0) is 19.2. The third-order valence-electron chi connectivity index (χ3n) is 4.56. The molecule has 2 aromatic carbocycles. The van der Waals surface area contributed by atoms with Gasteiger partial charge in [-0.05, 0) is 50.6 Å². The number of hydrogen-bond donors (Lipinski definition) is 1. The molecule has 0 spiro atoms. The number of rotatable bonds is 6. The van der Waals surface area contributed by atoms with Gasteiger partial charge in [0.25, 0.3) is 5.91 Å². The van der Waals surface area contributed by atoms with Crippen LogP contribution in [0.4, 0.5) is 5.69 Å². The highest BCUT2D eigenvalue weighted by atomic mass is 16.2. The lowest BCUT2D eigenvalue weighted by Gasteiger charge is -2.20. The van der Waals surface area contributed by atoms with Gasteiger partial charge in [-0.25, -0.2) is 5.43 Å². The summed E-state index contributed by atoms with van der Waals surface area (Å²) < 4.78 is 0. The summed E-state index contributed by atoms with van der Waals surface area (Å²) in [6.07, 6.45) is 1.65. The summed E-state index contributed by atoms with van der Waals surface area (Å²) in [7, 11) is 0. The molecule has 0 aliphatic heterocycles. The van der Waals surface area contributed by atoms with Crippen LogP contribution >= 0.6 is 0 Å². The molecule has 1 amide bonds. The van der Waals surface area contributed by atoms with E-state index in [1.807, 2.05) is 49.4 Å². The molecule has 0 aliphatic carbocycles. The molecule has 0 saturated heterocycles. The summed E-state index contributed by atoms with van der Waals surface area (Å²) in [5.74, 6) is -0.262. The molecule has 5 nitrogen and oxygen atoms in total. The van der Waals surface area contributed by atoms with Gasteiger partial charge in [0.05, 0.1) is 23.0 Å². The molecule has 1 heterocycles. The van der Waals surface area contributed by atoms with Crippen LogP contribution in [0.1, 0.15) is 35.5 Å². The van der Waals surface area contributed by atoms with Gasteiger partial charge in [0.15, 0.2) is 0 Å². The average molecular weight is 360 g/mol. The molecule has 1 N–H and O–H groups in total. The van der Waals surface area contributed by atoms with Crippen LogP contribution in [0, 0.1) is 6.92 Å². The van der Waals surface area contributed by atoms with E-state index in [9.17, 15) is 4.79 Å². The zero-order valence-electron chi connectivity index (χ0n) is 15.9. The van der Waals surface area contributed by atoms with Gasteiger partial charge >= 0.3 is 0 Å². The standard InChI is InChI=1S/C22H24N4O/c1-4-26(5-2)19-12-10-17(11-13-19)15-23-25-22(27)20-14-18-8-6-7-9-21(18)24-16(20)3/h6-15H,4-5H2,1-3H3,(H,25,27). The van der Waals surface area contributed by atoms with Crippen molar-refractivity contribution < 1.29 is 4.79 Å². The third-order valence-corrected chi connectivity index (χ3v) is 4.56. The number of hydrazone groups is 1. The van der Waals surface area contributed by atoms with Crippen molar-refractivity contribution in [1.82, 2.24) is 10.4 Å². The van der Waals surface area contributed by atoms with Crippen LogP contribution in [-0.4, -0.2) is 30.2 Å². The van der Waals surface area contributed by atoms with Gasteiger partial charge in [0.2, 0.25) is 0 Å². The van der Waals surface area contributed by atoms with E-state index in [-0.39, 0.29) is 5.91 Å². The highest BCUT2D eigenvalue weighted by Gasteiger charge is 2.10. The first-order chi connectivity index (χ1) is 13.1.